The normalized spacial score (nSPS) is 12.1. The van der Waals surface area contributed by atoms with Gasteiger partial charge in [-0.25, -0.2) is 0 Å². The molecule has 8 heteroatoms. The van der Waals surface area contributed by atoms with Crippen molar-refractivity contribution >= 4 is 29.3 Å². The van der Waals surface area contributed by atoms with Gasteiger partial charge in [0.15, 0.2) is 0 Å². The van der Waals surface area contributed by atoms with Crippen molar-refractivity contribution in [2.75, 3.05) is 0 Å². The average Bonchev–Trinajstić information content (AvgIpc) is 2.62. The first-order chi connectivity index (χ1) is 12.3. The van der Waals surface area contributed by atoms with Gasteiger partial charge in [-0.3, -0.25) is 14.9 Å². The summed E-state index contributed by atoms with van der Waals surface area (Å²) in [6.45, 7) is 1.75. The van der Waals surface area contributed by atoms with Crippen LogP contribution in [0.25, 0.3) is 6.08 Å². The summed E-state index contributed by atoms with van der Waals surface area (Å²) in [4.78, 5) is 22.5. The average molecular weight is 372 g/mol. The molecule has 1 unspecified atom stereocenters. The molecule has 0 spiro atoms. The summed E-state index contributed by atoms with van der Waals surface area (Å²) in [6, 6.07) is 12.7. The van der Waals surface area contributed by atoms with Crippen molar-refractivity contribution in [2.45, 2.75) is 13.0 Å². The van der Waals surface area contributed by atoms with Gasteiger partial charge >= 0.3 is 5.69 Å². The number of nitrogens with zero attached hydrogens (tertiary/aromatic N) is 2. The van der Waals surface area contributed by atoms with Crippen molar-refractivity contribution < 1.29 is 14.8 Å². The Labute approximate surface area is 154 Å². The molecule has 0 radical (unpaired) electrons. The van der Waals surface area contributed by atoms with Crippen LogP contribution >= 0.6 is 11.6 Å². The van der Waals surface area contributed by atoms with Crippen LogP contribution in [0.2, 0.25) is 5.02 Å². The van der Waals surface area contributed by atoms with Crippen LogP contribution in [0.1, 0.15) is 24.1 Å². The van der Waals surface area contributed by atoms with Gasteiger partial charge < -0.3 is 10.4 Å². The van der Waals surface area contributed by atoms with E-state index < -0.39 is 22.3 Å². The number of benzene rings is 2. The highest BCUT2D eigenvalue weighted by molar-refractivity contribution is 6.31. The topological polar surface area (TPSA) is 116 Å². The molecule has 0 heterocycles. The van der Waals surface area contributed by atoms with Crippen molar-refractivity contribution in [2.24, 2.45) is 0 Å². The Kier molecular flexibility index (Phi) is 5.94. The van der Waals surface area contributed by atoms with E-state index in [-0.39, 0.29) is 22.2 Å². The highest BCUT2D eigenvalue weighted by Crippen LogP contribution is 2.34. The number of phenolic OH excluding ortho intramolecular Hbond substituents is 1. The lowest BCUT2D eigenvalue weighted by molar-refractivity contribution is -0.385. The summed E-state index contributed by atoms with van der Waals surface area (Å²) >= 11 is 5.81. The van der Waals surface area contributed by atoms with Gasteiger partial charge in [-0.15, -0.1) is 0 Å². The number of nitriles is 1. The SMILES string of the molecule is CC(NC(=O)C(C#N)=Cc1cc(Cl)cc([N+](=O)[O-])c1O)c1ccccc1. The van der Waals surface area contributed by atoms with Gasteiger partial charge in [-0.1, -0.05) is 41.9 Å². The summed E-state index contributed by atoms with van der Waals surface area (Å²) in [5, 5.41) is 32.8. The first kappa shape index (κ1) is 19.0. The molecule has 0 aliphatic carbocycles. The van der Waals surface area contributed by atoms with E-state index in [4.69, 9.17) is 11.6 Å². The number of carbonyl (C=O) groups is 1. The van der Waals surface area contributed by atoms with E-state index in [0.717, 1.165) is 17.7 Å². The lowest BCUT2D eigenvalue weighted by atomic mass is 10.1. The number of nitro benzene ring substituents is 1. The van der Waals surface area contributed by atoms with E-state index in [2.05, 4.69) is 5.32 Å². The monoisotopic (exact) mass is 371 g/mol. The standard InChI is InChI=1S/C18H14ClN3O4/c1-11(12-5-3-2-4-6-12)21-18(24)14(10-20)7-13-8-15(19)9-16(17(13)23)22(25)26/h2-9,11,23H,1H3,(H,21,24). The number of carbonyl (C=O) groups excluding carboxylic acids is 1. The van der Waals surface area contributed by atoms with Crippen molar-refractivity contribution in [3.05, 3.63) is 74.3 Å². The highest BCUT2D eigenvalue weighted by Gasteiger charge is 2.20. The predicted molar refractivity (Wildman–Crippen MR) is 96.4 cm³/mol. The molecule has 0 saturated heterocycles. The van der Waals surface area contributed by atoms with Crippen molar-refractivity contribution in [1.29, 1.82) is 5.26 Å². The van der Waals surface area contributed by atoms with Gasteiger partial charge in [0.2, 0.25) is 5.75 Å². The zero-order valence-electron chi connectivity index (χ0n) is 13.6. The molecule has 0 aromatic heterocycles. The van der Waals surface area contributed by atoms with Crippen LogP contribution in [0.4, 0.5) is 5.69 Å². The number of nitrogens with one attached hydrogen (secondary N) is 1. The zero-order chi connectivity index (χ0) is 19.3. The maximum atomic E-state index is 12.3. The highest BCUT2D eigenvalue weighted by atomic mass is 35.5. The van der Waals surface area contributed by atoms with Crippen molar-refractivity contribution in [1.82, 2.24) is 5.32 Å². The number of hydrogen-bond donors (Lipinski definition) is 2. The Morgan fingerprint density at radius 3 is 2.62 bits per heavy atom. The number of nitro groups is 1. The van der Waals surface area contributed by atoms with Gasteiger partial charge in [0.1, 0.15) is 11.6 Å². The fourth-order valence-electron chi connectivity index (χ4n) is 2.26. The molecule has 2 aromatic carbocycles. The molecule has 0 fully saturated rings. The lowest BCUT2D eigenvalue weighted by Gasteiger charge is -2.13. The number of aromatic hydroxyl groups is 1. The first-order valence-corrected chi connectivity index (χ1v) is 7.85. The van der Waals surface area contributed by atoms with Crippen molar-refractivity contribution in [3.63, 3.8) is 0 Å². The van der Waals surface area contributed by atoms with Gasteiger partial charge in [0.25, 0.3) is 5.91 Å². The van der Waals surface area contributed by atoms with E-state index in [1.165, 1.54) is 6.07 Å². The van der Waals surface area contributed by atoms with E-state index in [0.29, 0.717) is 0 Å². The molecule has 0 bridgehead atoms. The fourth-order valence-corrected chi connectivity index (χ4v) is 2.48. The minimum absolute atomic E-state index is 0.00361. The van der Waals surface area contributed by atoms with Crippen molar-refractivity contribution in [3.8, 4) is 11.8 Å². The zero-order valence-corrected chi connectivity index (χ0v) is 14.4. The molecule has 2 aromatic rings. The van der Waals surface area contributed by atoms with Crippen LogP contribution in [0.3, 0.4) is 0 Å². The number of hydrogen-bond acceptors (Lipinski definition) is 5. The Balaban J connectivity index is 2.32. The second-order valence-electron chi connectivity index (χ2n) is 5.40. The molecule has 0 aliphatic rings. The molecule has 26 heavy (non-hydrogen) atoms. The first-order valence-electron chi connectivity index (χ1n) is 7.48. The Hall–Kier alpha value is -3.37. The summed E-state index contributed by atoms with van der Waals surface area (Å²) in [7, 11) is 0. The third-order valence-electron chi connectivity index (χ3n) is 3.59. The molecule has 2 N–H and O–H groups in total. The van der Waals surface area contributed by atoms with Gasteiger partial charge in [0.05, 0.1) is 11.0 Å². The Bertz CT molecular complexity index is 920. The van der Waals surface area contributed by atoms with Crippen LogP contribution in [-0.4, -0.2) is 15.9 Å². The molecule has 7 nitrogen and oxygen atoms in total. The minimum atomic E-state index is -0.803. The largest absolute Gasteiger partial charge is 0.502 e. The van der Waals surface area contributed by atoms with E-state index >= 15 is 0 Å². The smallest absolute Gasteiger partial charge is 0.312 e. The molecule has 0 saturated carbocycles. The van der Waals surface area contributed by atoms with Crippen LogP contribution in [0.15, 0.2) is 48.0 Å². The van der Waals surface area contributed by atoms with Gasteiger partial charge in [-0.2, -0.15) is 5.26 Å². The number of amides is 1. The molecule has 132 valence electrons. The number of rotatable bonds is 5. The Morgan fingerprint density at radius 1 is 1.38 bits per heavy atom. The summed E-state index contributed by atoms with van der Waals surface area (Å²) in [5.41, 5.74) is -0.179. The van der Waals surface area contributed by atoms with Crippen LogP contribution in [0, 0.1) is 21.4 Å². The Morgan fingerprint density at radius 2 is 2.04 bits per heavy atom. The van der Waals surface area contributed by atoms with Gasteiger partial charge in [-0.05, 0) is 24.6 Å². The maximum absolute atomic E-state index is 12.3. The number of halogens is 1. The molecule has 1 amide bonds. The minimum Gasteiger partial charge on any atom is -0.502 e. The third kappa shape index (κ3) is 4.37. The molecule has 2 rings (SSSR count). The number of phenols is 1. The van der Waals surface area contributed by atoms with E-state index in [1.807, 2.05) is 30.3 Å². The molecule has 1 atom stereocenters. The predicted octanol–water partition coefficient (Wildman–Crippen LogP) is 3.74. The van der Waals surface area contributed by atoms with E-state index in [1.54, 1.807) is 13.0 Å². The second kappa shape index (κ2) is 8.14. The maximum Gasteiger partial charge on any atom is 0.312 e. The van der Waals surface area contributed by atoms with Crippen LogP contribution < -0.4 is 5.32 Å². The van der Waals surface area contributed by atoms with E-state index in [9.17, 15) is 25.3 Å². The molecule has 0 aliphatic heterocycles. The summed E-state index contributed by atoms with van der Waals surface area (Å²) in [5.74, 6) is -1.35. The summed E-state index contributed by atoms with van der Waals surface area (Å²) < 4.78 is 0. The molecular weight excluding hydrogens is 358 g/mol. The lowest BCUT2D eigenvalue weighted by Crippen LogP contribution is -2.27. The molecular formula is C18H14ClN3O4. The quantitative estimate of drug-likeness (QED) is 0.359. The summed E-state index contributed by atoms with van der Waals surface area (Å²) in [6.07, 6.45) is 1.06. The fraction of sp³-hybridized carbons (Fsp3) is 0.111. The van der Waals surface area contributed by atoms with Gasteiger partial charge in [0, 0.05) is 16.7 Å². The van der Waals surface area contributed by atoms with Crippen LogP contribution in [0.5, 0.6) is 5.75 Å². The van der Waals surface area contributed by atoms with Crippen LogP contribution in [-0.2, 0) is 4.79 Å². The third-order valence-corrected chi connectivity index (χ3v) is 3.81. The second-order valence-corrected chi connectivity index (χ2v) is 5.83.